The number of hydrogen-bond donors (Lipinski definition) is 1. The van der Waals surface area contributed by atoms with Gasteiger partial charge in [0.1, 0.15) is 0 Å². The van der Waals surface area contributed by atoms with Gasteiger partial charge in [0.05, 0.1) is 18.3 Å². The lowest BCUT2D eigenvalue weighted by atomic mass is 10.0. The Morgan fingerprint density at radius 1 is 1.33 bits per heavy atom. The molecule has 1 atom stereocenters. The predicted octanol–water partition coefficient (Wildman–Crippen LogP) is 2.14. The minimum absolute atomic E-state index is 0.106. The number of ether oxygens (including phenoxy) is 1. The van der Waals surface area contributed by atoms with Gasteiger partial charge in [-0.1, -0.05) is 29.8 Å². The Morgan fingerprint density at radius 3 is 2.61 bits per heavy atom. The fourth-order valence-electron chi connectivity index (χ4n) is 2.41. The molecule has 1 aromatic carbocycles. The molecule has 1 aliphatic heterocycles. The second-order valence-electron chi connectivity index (χ2n) is 5.77. The molecule has 0 aromatic heterocycles. The molecule has 2 rings (SSSR count). The molecule has 0 saturated carbocycles. The molecule has 0 amide bonds. The first-order valence-electron chi connectivity index (χ1n) is 6.57. The van der Waals surface area contributed by atoms with Gasteiger partial charge in [-0.05, 0) is 26.3 Å². The van der Waals surface area contributed by atoms with Gasteiger partial charge >= 0.3 is 0 Å². The van der Waals surface area contributed by atoms with Crippen LogP contribution in [0.1, 0.15) is 31.1 Å². The van der Waals surface area contributed by atoms with Crippen LogP contribution in [-0.2, 0) is 4.74 Å². The van der Waals surface area contributed by atoms with Crippen LogP contribution in [-0.4, -0.2) is 41.8 Å². The summed E-state index contributed by atoms with van der Waals surface area (Å²) in [6, 6.07) is 8.10. The molecule has 18 heavy (non-hydrogen) atoms. The maximum atomic E-state index is 10.3. The van der Waals surface area contributed by atoms with E-state index in [9.17, 15) is 5.11 Å². The van der Waals surface area contributed by atoms with Crippen LogP contribution in [0.25, 0.3) is 0 Å². The highest BCUT2D eigenvalue weighted by Gasteiger charge is 2.28. The van der Waals surface area contributed by atoms with Gasteiger partial charge in [-0.15, -0.1) is 0 Å². The molecule has 1 N–H and O–H groups in total. The van der Waals surface area contributed by atoms with Gasteiger partial charge in [0.15, 0.2) is 0 Å². The number of morpholine rings is 1. The Kier molecular flexibility index (Phi) is 4.05. The van der Waals surface area contributed by atoms with Crippen LogP contribution in [0.3, 0.4) is 0 Å². The molecule has 1 aliphatic rings. The van der Waals surface area contributed by atoms with Crippen LogP contribution < -0.4 is 0 Å². The first-order chi connectivity index (χ1) is 8.46. The summed E-state index contributed by atoms with van der Waals surface area (Å²) < 4.78 is 5.68. The Balaban J connectivity index is 1.94. The van der Waals surface area contributed by atoms with E-state index in [1.54, 1.807) is 0 Å². The van der Waals surface area contributed by atoms with Crippen molar-refractivity contribution in [2.45, 2.75) is 32.5 Å². The minimum atomic E-state index is -0.417. The molecule has 3 heteroatoms. The van der Waals surface area contributed by atoms with E-state index >= 15 is 0 Å². The minimum Gasteiger partial charge on any atom is -0.387 e. The van der Waals surface area contributed by atoms with Crippen molar-refractivity contribution < 1.29 is 9.84 Å². The largest absolute Gasteiger partial charge is 0.387 e. The van der Waals surface area contributed by atoms with Crippen molar-refractivity contribution in [1.82, 2.24) is 4.90 Å². The van der Waals surface area contributed by atoms with E-state index in [2.05, 4.69) is 25.7 Å². The first kappa shape index (κ1) is 13.5. The van der Waals surface area contributed by atoms with E-state index in [0.717, 1.165) is 25.3 Å². The van der Waals surface area contributed by atoms with Crippen LogP contribution in [0.5, 0.6) is 0 Å². The number of hydrogen-bond acceptors (Lipinski definition) is 3. The Morgan fingerprint density at radius 2 is 2.00 bits per heavy atom. The van der Waals surface area contributed by atoms with Gasteiger partial charge in [0, 0.05) is 19.6 Å². The number of nitrogens with zero attached hydrogens (tertiary/aromatic N) is 1. The van der Waals surface area contributed by atoms with E-state index < -0.39 is 6.10 Å². The maximum Gasteiger partial charge on any atom is 0.0916 e. The summed E-state index contributed by atoms with van der Waals surface area (Å²) in [4.78, 5) is 2.27. The van der Waals surface area contributed by atoms with E-state index in [4.69, 9.17) is 4.74 Å². The number of aliphatic hydroxyl groups excluding tert-OH is 1. The van der Waals surface area contributed by atoms with Gasteiger partial charge in [-0.25, -0.2) is 0 Å². The van der Waals surface area contributed by atoms with Crippen molar-refractivity contribution in [2.75, 3.05) is 26.2 Å². The third-order valence-electron chi connectivity index (χ3n) is 3.40. The molecular weight excluding hydrogens is 226 g/mol. The summed E-state index contributed by atoms with van der Waals surface area (Å²) in [5.74, 6) is 0. The second kappa shape index (κ2) is 5.39. The standard InChI is InChI=1S/C15H23NO2/c1-12-4-6-13(7-5-12)14(17)10-16-8-9-18-15(2,3)11-16/h4-7,14,17H,8-11H2,1-3H3. The summed E-state index contributed by atoms with van der Waals surface area (Å²) in [5.41, 5.74) is 2.11. The lowest BCUT2D eigenvalue weighted by molar-refractivity contribution is -0.0932. The molecule has 1 saturated heterocycles. The van der Waals surface area contributed by atoms with Crippen molar-refractivity contribution in [3.63, 3.8) is 0 Å². The average Bonchev–Trinajstić information content (AvgIpc) is 2.28. The molecule has 3 nitrogen and oxygen atoms in total. The zero-order valence-electron chi connectivity index (χ0n) is 11.5. The van der Waals surface area contributed by atoms with Crippen molar-refractivity contribution in [3.05, 3.63) is 35.4 Å². The van der Waals surface area contributed by atoms with Crippen molar-refractivity contribution >= 4 is 0 Å². The van der Waals surface area contributed by atoms with Gasteiger partial charge in [-0.2, -0.15) is 0 Å². The normalized spacial score (nSPS) is 21.8. The zero-order valence-corrected chi connectivity index (χ0v) is 11.5. The lowest BCUT2D eigenvalue weighted by Crippen LogP contribution is -2.49. The second-order valence-corrected chi connectivity index (χ2v) is 5.77. The predicted molar refractivity (Wildman–Crippen MR) is 72.6 cm³/mol. The highest BCUT2D eigenvalue weighted by atomic mass is 16.5. The molecule has 1 fully saturated rings. The van der Waals surface area contributed by atoms with E-state index in [-0.39, 0.29) is 5.60 Å². The summed E-state index contributed by atoms with van der Waals surface area (Å²) in [5, 5.41) is 10.3. The Hall–Kier alpha value is -0.900. The van der Waals surface area contributed by atoms with Crippen LogP contribution in [0.4, 0.5) is 0 Å². The quantitative estimate of drug-likeness (QED) is 0.891. The topological polar surface area (TPSA) is 32.7 Å². The number of aryl methyl sites for hydroxylation is 1. The van der Waals surface area contributed by atoms with Gasteiger partial charge in [0.25, 0.3) is 0 Å². The number of β-amino-alcohol motifs (C(OH)–C–C–N with tert-alkyl or cyclic N) is 1. The van der Waals surface area contributed by atoms with E-state index in [1.807, 2.05) is 24.3 Å². The fraction of sp³-hybridized carbons (Fsp3) is 0.600. The van der Waals surface area contributed by atoms with Gasteiger partial charge < -0.3 is 9.84 Å². The summed E-state index contributed by atoms with van der Waals surface area (Å²) in [6.45, 7) is 9.43. The summed E-state index contributed by atoms with van der Waals surface area (Å²) in [7, 11) is 0. The molecule has 1 aromatic rings. The highest BCUT2D eigenvalue weighted by Crippen LogP contribution is 2.20. The third-order valence-corrected chi connectivity index (χ3v) is 3.40. The number of aliphatic hydroxyl groups is 1. The fourth-order valence-corrected chi connectivity index (χ4v) is 2.41. The smallest absolute Gasteiger partial charge is 0.0916 e. The summed E-state index contributed by atoms with van der Waals surface area (Å²) in [6.07, 6.45) is -0.417. The molecule has 100 valence electrons. The van der Waals surface area contributed by atoms with Gasteiger partial charge in [0.2, 0.25) is 0 Å². The monoisotopic (exact) mass is 249 g/mol. The first-order valence-corrected chi connectivity index (χ1v) is 6.57. The van der Waals surface area contributed by atoms with Crippen LogP contribution in [0, 0.1) is 6.92 Å². The Bertz CT molecular complexity index is 386. The molecule has 1 unspecified atom stereocenters. The molecule has 0 aliphatic carbocycles. The molecule has 1 heterocycles. The van der Waals surface area contributed by atoms with E-state index in [0.29, 0.717) is 6.54 Å². The van der Waals surface area contributed by atoms with Crippen LogP contribution in [0.2, 0.25) is 0 Å². The molecule has 0 spiro atoms. The van der Waals surface area contributed by atoms with Crippen LogP contribution in [0.15, 0.2) is 24.3 Å². The van der Waals surface area contributed by atoms with E-state index in [1.165, 1.54) is 5.56 Å². The zero-order chi connectivity index (χ0) is 13.2. The SMILES string of the molecule is Cc1ccc(C(O)CN2CCOC(C)(C)C2)cc1. The average molecular weight is 249 g/mol. The number of benzene rings is 1. The third kappa shape index (κ3) is 3.55. The van der Waals surface area contributed by atoms with Crippen LogP contribution >= 0.6 is 0 Å². The van der Waals surface area contributed by atoms with Crippen molar-refractivity contribution in [3.8, 4) is 0 Å². The molecule has 0 bridgehead atoms. The highest BCUT2D eigenvalue weighted by molar-refractivity contribution is 5.23. The van der Waals surface area contributed by atoms with Crippen molar-refractivity contribution in [1.29, 1.82) is 0 Å². The Labute approximate surface area is 109 Å². The molecule has 0 radical (unpaired) electrons. The van der Waals surface area contributed by atoms with Crippen molar-refractivity contribution in [2.24, 2.45) is 0 Å². The lowest BCUT2D eigenvalue weighted by Gasteiger charge is -2.38. The number of rotatable bonds is 3. The van der Waals surface area contributed by atoms with Gasteiger partial charge in [-0.3, -0.25) is 4.90 Å². The molecular formula is C15H23NO2. The maximum absolute atomic E-state index is 10.3. The summed E-state index contributed by atoms with van der Waals surface area (Å²) >= 11 is 0.